The van der Waals surface area contributed by atoms with Crippen molar-refractivity contribution >= 4 is 34.0 Å². The van der Waals surface area contributed by atoms with Gasteiger partial charge < -0.3 is 0 Å². The molecule has 2 nitrogen and oxygen atoms in total. The van der Waals surface area contributed by atoms with E-state index >= 15 is 0 Å². The van der Waals surface area contributed by atoms with Crippen molar-refractivity contribution in [3.05, 3.63) is 0 Å². The Morgan fingerprint density at radius 1 is 0.615 bits per heavy atom. The summed E-state index contributed by atoms with van der Waals surface area (Å²) < 4.78 is 5.57. The Kier molecular flexibility index (Phi) is 9.04. The van der Waals surface area contributed by atoms with Crippen LogP contribution >= 0.6 is 34.0 Å². The van der Waals surface area contributed by atoms with Gasteiger partial charge >= 0.3 is 81.1 Å². The van der Waals surface area contributed by atoms with Gasteiger partial charge in [0.05, 0.1) is 0 Å². The van der Waals surface area contributed by atoms with Gasteiger partial charge in [-0.15, -0.1) is 34.0 Å². The molecule has 13 heavy (non-hydrogen) atoms. The Balaban J connectivity index is 0.000000720. The van der Waals surface area contributed by atoms with Crippen molar-refractivity contribution in [1.29, 1.82) is 0 Å². The van der Waals surface area contributed by atoms with E-state index in [0.717, 1.165) is 0 Å². The van der Waals surface area contributed by atoms with Gasteiger partial charge in [-0.05, 0) is 0 Å². The number of halogens is 2. The minimum absolute atomic E-state index is 0. The van der Waals surface area contributed by atoms with E-state index in [1.165, 1.54) is 51.9 Å². The first-order valence-electron chi connectivity index (χ1n) is 4.71. The van der Waals surface area contributed by atoms with E-state index in [1.54, 1.807) is 0 Å². The molecule has 0 bridgehead atoms. The molecule has 0 aromatic heterocycles. The van der Waals surface area contributed by atoms with Gasteiger partial charge in [-0.2, -0.15) is 0 Å². The van der Waals surface area contributed by atoms with E-state index in [2.05, 4.69) is 5.78 Å². The molecule has 2 heterocycles. The molecule has 78 valence electrons. The molecule has 0 radical (unpaired) electrons. The predicted molar refractivity (Wildman–Crippen MR) is 62.3 cm³/mol. The molecule has 0 aromatic rings. The molecule has 0 atom stereocenters. The van der Waals surface area contributed by atoms with Crippen molar-refractivity contribution in [1.82, 2.24) is 5.78 Å². The fraction of sp³-hybridized carbons (Fsp3) is 1.00. The van der Waals surface area contributed by atoms with Crippen molar-refractivity contribution in [3.63, 3.8) is 0 Å². The average Bonchev–Trinajstić information content (AvgIpc) is 2.60. The molecule has 0 saturated carbocycles. The monoisotopic (exact) mass is 480 g/mol. The summed E-state index contributed by atoms with van der Waals surface area (Å²) in [5, 5.41) is 0. The molecule has 0 aromatic carbocycles. The molecular weight excluding hydrogens is 462 g/mol. The van der Waals surface area contributed by atoms with Gasteiger partial charge in [0.15, 0.2) is 0 Å². The molecule has 0 unspecified atom stereocenters. The van der Waals surface area contributed by atoms with E-state index in [0.29, 0.717) is 0 Å². The fourth-order valence-electron chi connectivity index (χ4n) is 1.83. The summed E-state index contributed by atoms with van der Waals surface area (Å²) in [5.74, 6) is 0. The summed E-state index contributed by atoms with van der Waals surface area (Å²) in [4.78, 5) is 0. The molecule has 0 spiro atoms. The van der Waals surface area contributed by atoms with Crippen molar-refractivity contribution in [3.8, 4) is 0 Å². The zero-order valence-electron chi connectivity index (χ0n) is 7.87. The summed E-state index contributed by atoms with van der Waals surface area (Å²) in [6.07, 6.45) is 5.89. The Bertz CT molecular complexity index is 111. The Morgan fingerprint density at radius 3 is 1.23 bits per heavy atom. The topological polar surface area (TPSA) is 6.48 Å². The quantitative estimate of drug-likeness (QED) is 0.560. The number of hydrogen-bond acceptors (Lipinski definition) is 2. The molecule has 0 amide bonds. The van der Waals surface area contributed by atoms with Gasteiger partial charge in [0.1, 0.15) is 0 Å². The van der Waals surface area contributed by atoms with Crippen LogP contribution in [0.3, 0.4) is 0 Å². The summed E-state index contributed by atoms with van der Waals surface area (Å²) in [6, 6.07) is 0. The van der Waals surface area contributed by atoms with E-state index in [-0.39, 0.29) is 34.0 Å². The first-order chi connectivity index (χ1) is 5.45. The Morgan fingerprint density at radius 2 is 0.923 bits per heavy atom. The second-order valence-electron chi connectivity index (χ2n) is 3.49. The second kappa shape index (κ2) is 7.97. The van der Waals surface area contributed by atoms with E-state index in [9.17, 15) is 0 Å². The fourth-order valence-corrected chi connectivity index (χ4v) is 6.98. The summed E-state index contributed by atoms with van der Waals surface area (Å²) >= 11 is -0.457. The standard InChI is InChI=1S/2C4H8N.2BrH.Hf/c2*1-2-4-5-3-1;;;/h2*1-4H2;2*1H;/q2*-1;;;+2. The van der Waals surface area contributed by atoms with Gasteiger partial charge in [-0.25, -0.2) is 0 Å². The number of nitrogens with zero attached hydrogens (tertiary/aromatic N) is 2. The van der Waals surface area contributed by atoms with Crippen LogP contribution in [0.15, 0.2) is 0 Å². The van der Waals surface area contributed by atoms with Crippen molar-refractivity contribution in [2.45, 2.75) is 25.7 Å². The number of rotatable bonds is 2. The molecule has 5 heteroatoms. The van der Waals surface area contributed by atoms with Crippen LogP contribution < -0.4 is 0 Å². The molecule has 2 aliphatic rings. The van der Waals surface area contributed by atoms with Crippen LogP contribution in [-0.4, -0.2) is 32.0 Å². The molecule has 2 saturated heterocycles. The zero-order valence-corrected chi connectivity index (χ0v) is 14.9. The molecule has 0 N–H and O–H groups in total. The molecule has 2 fully saturated rings. The van der Waals surface area contributed by atoms with E-state index < -0.39 is 23.5 Å². The molecule has 2 aliphatic heterocycles. The first-order valence-corrected chi connectivity index (χ1v) is 7.93. The van der Waals surface area contributed by atoms with Crippen molar-refractivity contribution in [2.75, 3.05) is 26.2 Å². The third-order valence-corrected chi connectivity index (χ3v) is 7.74. The SMILES string of the molecule is Br.Br.C1CC[N]([Hf][N]2CCCC2)C1. The van der Waals surface area contributed by atoms with Gasteiger partial charge in [0.25, 0.3) is 0 Å². The molecule has 0 aliphatic carbocycles. The van der Waals surface area contributed by atoms with Crippen LogP contribution in [-0.2, 0) is 23.5 Å². The Labute approximate surface area is 114 Å². The Hall–Kier alpha value is 1.75. The maximum absolute atomic E-state index is 2.78. The van der Waals surface area contributed by atoms with Crippen LogP contribution in [0.2, 0.25) is 0 Å². The summed E-state index contributed by atoms with van der Waals surface area (Å²) in [7, 11) is 0. The van der Waals surface area contributed by atoms with Crippen LogP contribution in [0, 0.1) is 0 Å². The molecule has 2 rings (SSSR count). The van der Waals surface area contributed by atoms with Gasteiger partial charge in [-0.1, -0.05) is 0 Å². The third-order valence-electron chi connectivity index (χ3n) is 2.49. The predicted octanol–water partition coefficient (Wildman–Crippen LogP) is 2.25. The first kappa shape index (κ1) is 14.8. The van der Waals surface area contributed by atoms with Gasteiger partial charge in [0, 0.05) is 0 Å². The maximum atomic E-state index is 2.78. The summed E-state index contributed by atoms with van der Waals surface area (Å²) in [5.41, 5.74) is 0. The minimum atomic E-state index is -0.457. The normalized spacial score (nSPS) is 23.7. The van der Waals surface area contributed by atoms with E-state index in [4.69, 9.17) is 0 Å². The number of hydrogen-bond donors (Lipinski definition) is 0. The van der Waals surface area contributed by atoms with E-state index in [1.807, 2.05) is 0 Å². The van der Waals surface area contributed by atoms with Crippen LogP contribution in [0.4, 0.5) is 0 Å². The van der Waals surface area contributed by atoms with Crippen LogP contribution in [0.25, 0.3) is 0 Å². The molecular formula is C8H18Br2HfN2. The van der Waals surface area contributed by atoms with Crippen molar-refractivity contribution < 1.29 is 23.5 Å². The van der Waals surface area contributed by atoms with Crippen LogP contribution in [0.1, 0.15) is 25.7 Å². The summed E-state index contributed by atoms with van der Waals surface area (Å²) in [6.45, 7) is 5.72. The zero-order chi connectivity index (χ0) is 7.52. The second-order valence-corrected chi connectivity index (χ2v) is 8.75. The third kappa shape index (κ3) is 4.87. The van der Waals surface area contributed by atoms with Gasteiger partial charge in [0.2, 0.25) is 0 Å². The van der Waals surface area contributed by atoms with Crippen molar-refractivity contribution in [2.24, 2.45) is 0 Å². The van der Waals surface area contributed by atoms with Crippen LogP contribution in [0.5, 0.6) is 0 Å². The van der Waals surface area contributed by atoms with Gasteiger partial charge in [-0.3, -0.25) is 0 Å². The average molecular weight is 481 g/mol.